The molecule has 1 saturated heterocycles. The Balaban J connectivity index is 1.90. The minimum absolute atomic E-state index is 0.0133. The van der Waals surface area contributed by atoms with E-state index in [1.165, 1.54) is 4.90 Å². The predicted molar refractivity (Wildman–Crippen MR) is 78.6 cm³/mol. The molecule has 1 fully saturated rings. The molecule has 0 radical (unpaired) electrons. The van der Waals surface area contributed by atoms with Crippen molar-refractivity contribution in [1.82, 2.24) is 9.80 Å². The first-order valence-electron chi connectivity index (χ1n) is 7.21. The molecule has 0 unspecified atom stereocenters. The number of carbonyl (C=O) groups is 3. The van der Waals surface area contributed by atoms with E-state index in [-0.39, 0.29) is 43.7 Å². The summed E-state index contributed by atoms with van der Waals surface area (Å²) < 4.78 is 0. The summed E-state index contributed by atoms with van der Waals surface area (Å²) >= 11 is 0. The van der Waals surface area contributed by atoms with Crippen LogP contribution in [0.5, 0.6) is 0 Å². The number of benzene rings is 1. The van der Waals surface area contributed by atoms with Crippen LogP contribution < -0.4 is 0 Å². The predicted octanol–water partition coefficient (Wildman–Crippen LogP) is 0.879. The topological polar surface area (TPSA) is 57.7 Å². The van der Waals surface area contributed by atoms with Crippen molar-refractivity contribution in [3.8, 4) is 0 Å². The summed E-state index contributed by atoms with van der Waals surface area (Å²) in [5.41, 5.74) is 0.922. The summed E-state index contributed by atoms with van der Waals surface area (Å²) in [6.45, 7) is 2.67. The molecule has 1 heterocycles. The van der Waals surface area contributed by atoms with E-state index in [0.29, 0.717) is 6.54 Å². The van der Waals surface area contributed by atoms with Crippen LogP contribution in [0.15, 0.2) is 30.3 Å². The number of Topliss-reactive ketones (excluding diaryl/α,β-unsaturated/α-hetero) is 1. The molecular formula is C16H20N2O3. The zero-order chi connectivity index (χ0) is 15.2. The van der Waals surface area contributed by atoms with Crippen molar-refractivity contribution in [3.63, 3.8) is 0 Å². The third kappa shape index (κ3) is 4.15. The van der Waals surface area contributed by atoms with Crippen LogP contribution in [-0.4, -0.2) is 53.6 Å². The number of nitrogens with zero attached hydrogens (tertiary/aromatic N) is 2. The summed E-state index contributed by atoms with van der Waals surface area (Å²) in [5, 5.41) is 0. The lowest BCUT2D eigenvalue weighted by atomic mass is 10.1. The molecule has 0 saturated carbocycles. The van der Waals surface area contributed by atoms with Crippen LogP contribution >= 0.6 is 0 Å². The highest BCUT2D eigenvalue weighted by atomic mass is 16.2. The summed E-state index contributed by atoms with van der Waals surface area (Å²) in [6.07, 6.45) is 1.11. The van der Waals surface area contributed by atoms with Gasteiger partial charge in [0, 0.05) is 13.0 Å². The van der Waals surface area contributed by atoms with Crippen LogP contribution in [0.4, 0.5) is 0 Å². The van der Waals surface area contributed by atoms with Gasteiger partial charge in [0.25, 0.3) is 0 Å². The molecule has 1 aliphatic rings. The normalized spacial score (nSPS) is 15.5. The molecule has 0 spiro atoms. The van der Waals surface area contributed by atoms with E-state index >= 15 is 0 Å². The largest absolute Gasteiger partial charge is 0.332 e. The van der Waals surface area contributed by atoms with Crippen molar-refractivity contribution < 1.29 is 14.4 Å². The SMILES string of the molecule is CCCN1CC(=O)N(CC(=O)Cc2ccccc2)CC1=O. The number of ketones is 1. The number of hydrogen-bond acceptors (Lipinski definition) is 3. The van der Waals surface area contributed by atoms with Gasteiger partial charge in [0.1, 0.15) is 6.54 Å². The molecule has 0 aromatic heterocycles. The smallest absolute Gasteiger partial charge is 0.243 e. The Hall–Kier alpha value is -2.17. The molecule has 1 aromatic rings. The minimum Gasteiger partial charge on any atom is -0.332 e. The van der Waals surface area contributed by atoms with Gasteiger partial charge in [-0.15, -0.1) is 0 Å². The van der Waals surface area contributed by atoms with Gasteiger partial charge < -0.3 is 9.80 Å². The van der Waals surface area contributed by atoms with Gasteiger partial charge in [0.15, 0.2) is 5.78 Å². The van der Waals surface area contributed by atoms with Crippen LogP contribution in [0.25, 0.3) is 0 Å². The van der Waals surface area contributed by atoms with Gasteiger partial charge in [0.2, 0.25) is 11.8 Å². The zero-order valence-electron chi connectivity index (χ0n) is 12.2. The number of amides is 2. The summed E-state index contributed by atoms with van der Waals surface area (Å²) in [4.78, 5) is 38.8. The summed E-state index contributed by atoms with van der Waals surface area (Å²) in [6, 6.07) is 9.40. The number of rotatable bonds is 6. The van der Waals surface area contributed by atoms with Gasteiger partial charge in [0.05, 0.1) is 13.1 Å². The molecule has 5 nitrogen and oxygen atoms in total. The van der Waals surface area contributed by atoms with E-state index in [2.05, 4.69) is 0 Å². The van der Waals surface area contributed by atoms with Gasteiger partial charge >= 0.3 is 0 Å². The molecule has 0 atom stereocenters. The quantitative estimate of drug-likeness (QED) is 0.781. The fraction of sp³-hybridized carbons (Fsp3) is 0.438. The van der Waals surface area contributed by atoms with Gasteiger partial charge in [-0.1, -0.05) is 37.3 Å². The Bertz CT molecular complexity index is 528. The third-order valence-electron chi connectivity index (χ3n) is 3.46. The molecule has 21 heavy (non-hydrogen) atoms. The minimum atomic E-state index is -0.149. The third-order valence-corrected chi connectivity index (χ3v) is 3.46. The van der Waals surface area contributed by atoms with Crippen LogP contribution in [-0.2, 0) is 20.8 Å². The highest BCUT2D eigenvalue weighted by molar-refractivity contribution is 5.95. The monoisotopic (exact) mass is 288 g/mol. The Labute approximate surface area is 124 Å². The van der Waals surface area contributed by atoms with E-state index in [9.17, 15) is 14.4 Å². The van der Waals surface area contributed by atoms with Crippen molar-refractivity contribution in [2.24, 2.45) is 0 Å². The van der Waals surface area contributed by atoms with Crippen LogP contribution in [0.2, 0.25) is 0 Å². The lowest BCUT2D eigenvalue weighted by molar-refractivity contribution is -0.151. The second-order valence-electron chi connectivity index (χ2n) is 5.27. The maximum absolute atomic E-state index is 12.0. The Kier molecular flexibility index (Phi) is 5.09. The average Bonchev–Trinajstić information content (AvgIpc) is 2.45. The maximum atomic E-state index is 12.0. The van der Waals surface area contributed by atoms with E-state index in [4.69, 9.17) is 0 Å². The van der Waals surface area contributed by atoms with Crippen molar-refractivity contribution in [3.05, 3.63) is 35.9 Å². The van der Waals surface area contributed by atoms with Gasteiger partial charge in [-0.2, -0.15) is 0 Å². The van der Waals surface area contributed by atoms with Crippen molar-refractivity contribution >= 4 is 17.6 Å². The Morgan fingerprint density at radius 1 is 1.05 bits per heavy atom. The lowest BCUT2D eigenvalue weighted by Gasteiger charge is -2.33. The summed E-state index contributed by atoms with van der Waals surface area (Å²) in [5.74, 6) is -0.278. The van der Waals surface area contributed by atoms with Crippen molar-refractivity contribution in [2.45, 2.75) is 19.8 Å². The molecular weight excluding hydrogens is 268 g/mol. The highest BCUT2D eigenvalue weighted by Crippen LogP contribution is 2.07. The molecule has 0 N–H and O–H groups in total. The Morgan fingerprint density at radius 2 is 1.67 bits per heavy atom. The van der Waals surface area contributed by atoms with Crippen LogP contribution in [0, 0.1) is 0 Å². The second-order valence-corrected chi connectivity index (χ2v) is 5.27. The van der Waals surface area contributed by atoms with Gasteiger partial charge in [-0.25, -0.2) is 0 Å². The first kappa shape index (κ1) is 15.2. The number of carbonyl (C=O) groups excluding carboxylic acids is 3. The molecule has 1 aliphatic heterocycles. The fourth-order valence-electron chi connectivity index (χ4n) is 2.41. The van der Waals surface area contributed by atoms with Crippen LogP contribution in [0.3, 0.4) is 0 Å². The van der Waals surface area contributed by atoms with E-state index in [1.807, 2.05) is 37.3 Å². The highest BCUT2D eigenvalue weighted by Gasteiger charge is 2.30. The fourth-order valence-corrected chi connectivity index (χ4v) is 2.41. The average molecular weight is 288 g/mol. The molecule has 0 aliphatic carbocycles. The molecule has 1 aromatic carbocycles. The zero-order valence-corrected chi connectivity index (χ0v) is 12.2. The standard InChI is InChI=1S/C16H20N2O3/c1-2-8-17-11-16(21)18(12-15(17)20)10-14(19)9-13-6-4-3-5-7-13/h3-7H,2,8-12H2,1H3. The van der Waals surface area contributed by atoms with Crippen molar-refractivity contribution in [2.75, 3.05) is 26.2 Å². The lowest BCUT2D eigenvalue weighted by Crippen LogP contribution is -2.55. The van der Waals surface area contributed by atoms with E-state index in [0.717, 1.165) is 12.0 Å². The maximum Gasteiger partial charge on any atom is 0.243 e. The Morgan fingerprint density at radius 3 is 2.33 bits per heavy atom. The first-order chi connectivity index (χ1) is 10.1. The van der Waals surface area contributed by atoms with Gasteiger partial charge in [-0.3, -0.25) is 14.4 Å². The van der Waals surface area contributed by atoms with E-state index in [1.54, 1.807) is 4.90 Å². The van der Waals surface area contributed by atoms with E-state index < -0.39 is 0 Å². The number of hydrogen-bond donors (Lipinski definition) is 0. The first-order valence-corrected chi connectivity index (χ1v) is 7.21. The molecule has 2 amide bonds. The number of piperazine rings is 1. The molecule has 2 rings (SSSR count). The molecule has 0 bridgehead atoms. The van der Waals surface area contributed by atoms with Crippen LogP contribution in [0.1, 0.15) is 18.9 Å². The second kappa shape index (κ2) is 7.02. The van der Waals surface area contributed by atoms with Gasteiger partial charge in [-0.05, 0) is 12.0 Å². The molecule has 5 heteroatoms. The van der Waals surface area contributed by atoms with Crippen molar-refractivity contribution in [1.29, 1.82) is 0 Å². The molecule has 112 valence electrons. The summed E-state index contributed by atoms with van der Waals surface area (Å²) in [7, 11) is 0.